The SMILES string of the molecule is Cc1cccc(SNc2ccc(Cl)cc2)c1. The lowest BCUT2D eigenvalue weighted by molar-refractivity contribution is 1.36. The summed E-state index contributed by atoms with van der Waals surface area (Å²) < 4.78 is 3.27. The molecular weight excluding hydrogens is 238 g/mol. The van der Waals surface area contributed by atoms with Gasteiger partial charge >= 0.3 is 0 Å². The van der Waals surface area contributed by atoms with Crippen LogP contribution in [0.25, 0.3) is 0 Å². The summed E-state index contributed by atoms with van der Waals surface area (Å²) >= 11 is 7.42. The molecule has 1 N–H and O–H groups in total. The molecule has 0 bridgehead atoms. The maximum Gasteiger partial charge on any atom is 0.0444 e. The summed E-state index contributed by atoms with van der Waals surface area (Å²) in [6, 6.07) is 16.1. The van der Waals surface area contributed by atoms with Gasteiger partial charge in [0.1, 0.15) is 0 Å². The average Bonchev–Trinajstić information content (AvgIpc) is 2.28. The molecule has 82 valence electrons. The first-order chi connectivity index (χ1) is 7.74. The van der Waals surface area contributed by atoms with Crippen molar-refractivity contribution >= 4 is 29.2 Å². The van der Waals surface area contributed by atoms with E-state index in [1.54, 1.807) is 11.9 Å². The number of anilines is 1. The zero-order chi connectivity index (χ0) is 11.4. The van der Waals surface area contributed by atoms with E-state index in [2.05, 4.69) is 35.9 Å². The Morgan fingerprint density at radius 2 is 1.81 bits per heavy atom. The minimum atomic E-state index is 0.756. The second-order valence-electron chi connectivity index (χ2n) is 3.53. The molecule has 2 aromatic rings. The maximum atomic E-state index is 5.82. The van der Waals surface area contributed by atoms with Crippen molar-refractivity contribution < 1.29 is 0 Å². The number of aryl methyl sites for hydroxylation is 1. The third-order valence-electron chi connectivity index (χ3n) is 2.12. The topological polar surface area (TPSA) is 12.0 Å². The zero-order valence-corrected chi connectivity index (χ0v) is 10.5. The summed E-state index contributed by atoms with van der Waals surface area (Å²) in [5, 5.41) is 0.756. The summed E-state index contributed by atoms with van der Waals surface area (Å²) in [7, 11) is 0. The molecule has 0 aliphatic heterocycles. The van der Waals surface area contributed by atoms with Gasteiger partial charge in [0.25, 0.3) is 0 Å². The van der Waals surface area contributed by atoms with E-state index in [9.17, 15) is 0 Å². The molecule has 0 unspecified atom stereocenters. The molecule has 1 nitrogen and oxygen atoms in total. The van der Waals surface area contributed by atoms with Crippen molar-refractivity contribution in [1.82, 2.24) is 0 Å². The molecule has 0 aliphatic carbocycles. The molecule has 0 spiro atoms. The summed E-state index contributed by atoms with van der Waals surface area (Å²) in [5.74, 6) is 0. The van der Waals surface area contributed by atoms with E-state index < -0.39 is 0 Å². The van der Waals surface area contributed by atoms with Gasteiger partial charge in [-0.05, 0) is 60.8 Å². The lowest BCUT2D eigenvalue weighted by Gasteiger charge is -2.05. The van der Waals surface area contributed by atoms with Crippen LogP contribution in [-0.2, 0) is 0 Å². The van der Waals surface area contributed by atoms with Crippen LogP contribution < -0.4 is 4.72 Å². The minimum absolute atomic E-state index is 0.756. The Morgan fingerprint density at radius 3 is 2.50 bits per heavy atom. The van der Waals surface area contributed by atoms with Gasteiger partial charge in [0, 0.05) is 15.6 Å². The summed E-state index contributed by atoms with van der Waals surface area (Å²) in [6.07, 6.45) is 0. The van der Waals surface area contributed by atoms with E-state index in [-0.39, 0.29) is 0 Å². The highest BCUT2D eigenvalue weighted by Gasteiger charge is 1.95. The Morgan fingerprint density at radius 1 is 1.06 bits per heavy atom. The molecule has 0 aliphatic rings. The minimum Gasteiger partial charge on any atom is -0.326 e. The first-order valence-corrected chi connectivity index (χ1v) is 6.18. The highest BCUT2D eigenvalue weighted by Crippen LogP contribution is 2.22. The molecule has 0 amide bonds. The largest absolute Gasteiger partial charge is 0.326 e. The van der Waals surface area contributed by atoms with Gasteiger partial charge in [-0.2, -0.15) is 0 Å². The molecule has 16 heavy (non-hydrogen) atoms. The summed E-state index contributed by atoms with van der Waals surface area (Å²) in [5.41, 5.74) is 2.32. The Labute approximate surface area is 105 Å². The molecule has 0 atom stereocenters. The van der Waals surface area contributed by atoms with Crippen molar-refractivity contribution in [2.75, 3.05) is 4.72 Å². The lowest BCUT2D eigenvalue weighted by atomic mass is 10.2. The Balaban J connectivity index is 1.99. The first-order valence-electron chi connectivity index (χ1n) is 4.99. The molecule has 0 saturated carbocycles. The zero-order valence-electron chi connectivity index (χ0n) is 8.91. The molecule has 2 rings (SSSR count). The van der Waals surface area contributed by atoms with Crippen molar-refractivity contribution in [1.29, 1.82) is 0 Å². The molecule has 2 aromatic carbocycles. The van der Waals surface area contributed by atoms with Crippen LogP contribution in [0.1, 0.15) is 5.56 Å². The molecule has 0 aromatic heterocycles. The predicted octanol–water partition coefficient (Wildman–Crippen LogP) is 4.77. The van der Waals surface area contributed by atoms with Gasteiger partial charge in [-0.25, -0.2) is 0 Å². The van der Waals surface area contributed by atoms with Gasteiger partial charge in [0.15, 0.2) is 0 Å². The molecule has 0 radical (unpaired) electrons. The molecule has 0 fully saturated rings. The predicted molar refractivity (Wildman–Crippen MR) is 72.1 cm³/mol. The maximum absolute atomic E-state index is 5.82. The molecule has 0 heterocycles. The van der Waals surface area contributed by atoms with Crippen LogP contribution in [0.4, 0.5) is 5.69 Å². The standard InChI is InChI=1S/C13H12ClNS/c1-10-3-2-4-13(9-10)16-15-12-7-5-11(14)6-8-12/h2-9,15H,1H3. The molecule has 0 saturated heterocycles. The summed E-state index contributed by atoms with van der Waals surface area (Å²) in [4.78, 5) is 1.20. The van der Waals surface area contributed by atoms with E-state index in [0.717, 1.165) is 10.7 Å². The highest BCUT2D eigenvalue weighted by atomic mass is 35.5. The third kappa shape index (κ3) is 3.19. The van der Waals surface area contributed by atoms with Gasteiger partial charge < -0.3 is 4.72 Å². The smallest absolute Gasteiger partial charge is 0.0444 e. The number of rotatable bonds is 3. The van der Waals surface area contributed by atoms with Crippen LogP contribution in [-0.4, -0.2) is 0 Å². The van der Waals surface area contributed by atoms with Crippen LogP contribution in [0.2, 0.25) is 5.02 Å². The number of nitrogens with one attached hydrogen (secondary N) is 1. The van der Waals surface area contributed by atoms with Crippen LogP contribution in [0.3, 0.4) is 0 Å². The van der Waals surface area contributed by atoms with Gasteiger partial charge in [-0.1, -0.05) is 23.7 Å². The van der Waals surface area contributed by atoms with Gasteiger partial charge in [-0.3, -0.25) is 0 Å². The second kappa shape index (κ2) is 5.28. The quantitative estimate of drug-likeness (QED) is 0.787. The van der Waals surface area contributed by atoms with Crippen molar-refractivity contribution in [2.24, 2.45) is 0 Å². The van der Waals surface area contributed by atoms with E-state index in [1.165, 1.54) is 10.5 Å². The Kier molecular flexibility index (Phi) is 3.75. The fraction of sp³-hybridized carbons (Fsp3) is 0.0769. The van der Waals surface area contributed by atoms with E-state index in [1.807, 2.05) is 24.3 Å². The lowest BCUT2D eigenvalue weighted by Crippen LogP contribution is -1.86. The first kappa shape index (κ1) is 11.4. The summed E-state index contributed by atoms with van der Waals surface area (Å²) in [6.45, 7) is 2.09. The number of halogens is 1. The van der Waals surface area contributed by atoms with E-state index in [4.69, 9.17) is 11.6 Å². The van der Waals surface area contributed by atoms with Crippen LogP contribution >= 0.6 is 23.5 Å². The fourth-order valence-electron chi connectivity index (χ4n) is 1.31. The third-order valence-corrected chi connectivity index (χ3v) is 3.20. The van der Waals surface area contributed by atoms with Crippen LogP contribution in [0.15, 0.2) is 53.4 Å². The van der Waals surface area contributed by atoms with Crippen molar-refractivity contribution in [3.05, 3.63) is 59.1 Å². The van der Waals surface area contributed by atoms with Crippen molar-refractivity contribution in [3.8, 4) is 0 Å². The van der Waals surface area contributed by atoms with Crippen LogP contribution in [0, 0.1) is 6.92 Å². The fourth-order valence-corrected chi connectivity index (χ4v) is 2.20. The number of hydrogen-bond donors (Lipinski definition) is 1. The van der Waals surface area contributed by atoms with Crippen molar-refractivity contribution in [2.45, 2.75) is 11.8 Å². The van der Waals surface area contributed by atoms with Gasteiger partial charge in [0.2, 0.25) is 0 Å². The van der Waals surface area contributed by atoms with E-state index in [0.29, 0.717) is 0 Å². The Hall–Kier alpha value is -1.12. The molecular formula is C13H12ClNS. The second-order valence-corrected chi connectivity index (χ2v) is 4.84. The normalized spacial score (nSPS) is 10.1. The van der Waals surface area contributed by atoms with Gasteiger partial charge in [-0.15, -0.1) is 0 Å². The van der Waals surface area contributed by atoms with Crippen LogP contribution in [0.5, 0.6) is 0 Å². The van der Waals surface area contributed by atoms with Crippen molar-refractivity contribution in [3.63, 3.8) is 0 Å². The molecule has 3 heteroatoms. The highest BCUT2D eigenvalue weighted by molar-refractivity contribution is 8.00. The average molecular weight is 250 g/mol. The number of benzene rings is 2. The van der Waals surface area contributed by atoms with E-state index >= 15 is 0 Å². The van der Waals surface area contributed by atoms with Gasteiger partial charge in [0.05, 0.1) is 0 Å². The monoisotopic (exact) mass is 249 g/mol. The number of hydrogen-bond acceptors (Lipinski definition) is 2. The Bertz CT molecular complexity index is 468.